The van der Waals surface area contributed by atoms with Crippen molar-refractivity contribution in [3.63, 3.8) is 0 Å². The lowest BCUT2D eigenvalue weighted by Crippen LogP contribution is -2.06. The van der Waals surface area contributed by atoms with Gasteiger partial charge in [-0.25, -0.2) is 4.39 Å². The Morgan fingerprint density at radius 3 is 2.05 bits per heavy atom. The van der Waals surface area contributed by atoms with Gasteiger partial charge in [-0.05, 0) is 17.7 Å². The zero-order valence-corrected chi connectivity index (χ0v) is 9.79. The smallest absolute Gasteiger partial charge is 0.206 e. The average molecular weight is 266 g/mol. The molecule has 0 bridgehead atoms. The van der Waals surface area contributed by atoms with Crippen LogP contribution in [-0.4, -0.2) is 0 Å². The van der Waals surface area contributed by atoms with Crippen molar-refractivity contribution < 1.29 is 17.6 Å². The molecule has 0 saturated carbocycles. The molecule has 0 heterocycles. The van der Waals surface area contributed by atoms with Crippen molar-refractivity contribution >= 4 is 11.9 Å². The lowest BCUT2D eigenvalue weighted by atomic mass is 10.0. The Hall–Kier alpha value is -2.10. The van der Waals surface area contributed by atoms with Crippen LogP contribution in [0.4, 0.5) is 17.6 Å². The third-order valence-electron chi connectivity index (χ3n) is 2.60. The normalized spacial score (nSPS) is 12.5. The highest BCUT2D eigenvalue weighted by molar-refractivity contribution is 5.77. The molecule has 4 heteroatoms. The van der Waals surface area contributed by atoms with Crippen molar-refractivity contribution in [3.8, 4) is 0 Å². The van der Waals surface area contributed by atoms with Crippen LogP contribution in [0.2, 0.25) is 0 Å². The van der Waals surface area contributed by atoms with Gasteiger partial charge in [-0.2, -0.15) is 13.2 Å². The van der Waals surface area contributed by atoms with Crippen LogP contribution in [0.25, 0.3) is 11.9 Å². The molecule has 0 spiro atoms. The van der Waals surface area contributed by atoms with E-state index in [9.17, 15) is 17.6 Å². The molecular formula is C15H10F4. The Bertz CT molecular complexity index is 583. The molecule has 0 amide bonds. The number of hydrogen-bond donors (Lipinski definition) is 0. The van der Waals surface area contributed by atoms with E-state index in [1.165, 1.54) is 30.3 Å². The topological polar surface area (TPSA) is 0 Å². The lowest BCUT2D eigenvalue weighted by Gasteiger charge is -2.10. The van der Waals surface area contributed by atoms with Gasteiger partial charge in [0.2, 0.25) is 0 Å². The van der Waals surface area contributed by atoms with Crippen molar-refractivity contribution in [3.05, 3.63) is 71.3 Å². The number of alkyl halides is 3. The first-order valence-electron chi connectivity index (χ1n) is 5.57. The van der Waals surface area contributed by atoms with Gasteiger partial charge in [-0.15, -0.1) is 0 Å². The third kappa shape index (κ3) is 3.22. The van der Waals surface area contributed by atoms with Crippen LogP contribution < -0.4 is 0 Å². The SMILES string of the molecule is F/C(=C/c1ccccc1C(F)(F)F)c1ccccc1. The summed E-state index contributed by atoms with van der Waals surface area (Å²) in [5.74, 6) is -0.697. The zero-order valence-electron chi connectivity index (χ0n) is 9.79. The molecule has 0 unspecified atom stereocenters. The van der Waals surface area contributed by atoms with Gasteiger partial charge in [-0.1, -0.05) is 48.5 Å². The average Bonchev–Trinajstić information content (AvgIpc) is 2.39. The minimum atomic E-state index is -4.50. The van der Waals surface area contributed by atoms with Gasteiger partial charge < -0.3 is 0 Å². The highest BCUT2D eigenvalue weighted by atomic mass is 19.4. The first-order valence-corrected chi connectivity index (χ1v) is 5.57. The van der Waals surface area contributed by atoms with Crippen LogP contribution in [0.1, 0.15) is 16.7 Å². The summed E-state index contributed by atoms with van der Waals surface area (Å²) in [6.07, 6.45) is -3.60. The van der Waals surface area contributed by atoms with Gasteiger partial charge in [0.1, 0.15) is 5.83 Å². The first kappa shape index (κ1) is 13.3. The van der Waals surface area contributed by atoms with Crippen LogP contribution in [0.3, 0.4) is 0 Å². The molecule has 0 aromatic heterocycles. The Kier molecular flexibility index (Phi) is 3.69. The van der Waals surface area contributed by atoms with Crippen molar-refractivity contribution in [2.45, 2.75) is 6.18 Å². The molecule has 0 aliphatic rings. The fourth-order valence-electron chi connectivity index (χ4n) is 1.70. The second-order valence-corrected chi connectivity index (χ2v) is 3.94. The van der Waals surface area contributed by atoms with Gasteiger partial charge in [-0.3, -0.25) is 0 Å². The van der Waals surface area contributed by atoms with Crippen LogP contribution in [-0.2, 0) is 6.18 Å². The summed E-state index contributed by atoms with van der Waals surface area (Å²) in [6.45, 7) is 0. The Morgan fingerprint density at radius 1 is 0.842 bits per heavy atom. The molecule has 98 valence electrons. The maximum Gasteiger partial charge on any atom is 0.416 e. The van der Waals surface area contributed by atoms with Crippen molar-refractivity contribution in [2.24, 2.45) is 0 Å². The van der Waals surface area contributed by atoms with E-state index in [0.717, 1.165) is 12.1 Å². The molecule has 0 nitrogen and oxygen atoms in total. The minimum Gasteiger partial charge on any atom is -0.206 e. The van der Waals surface area contributed by atoms with Crippen LogP contribution in [0.15, 0.2) is 54.6 Å². The monoisotopic (exact) mass is 266 g/mol. The van der Waals surface area contributed by atoms with E-state index in [1.54, 1.807) is 18.2 Å². The molecule has 2 aromatic rings. The molecule has 0 saturated heterocycles. The fourth-order valence-corrected chi connectivity index (χ4v) is 1.70. The predicted octanol–water partition coefficient (Wildman–Crippen LogP) is 5.17. The Morgan fingerprint density at radius 2 is 1.42 bits per heavy atom. The zero-order chi connectivity index (χ0) is 13.9. The summed E-state index contributed by atoms with van der Waals surface area (Å²) in [6, 6.07) is 12.9. The van der Waals surface area contributed by atoms with Gasteiger partial charge >= 0.3 is 6.18 Å². The van der Waals surface area contributed by atoms with E-state index in [0.29, 0.717) is 0 Å². The summed E-state index contributed by atoms with van der Waals surface area (Å²) < 4.78 is 52.1. The minimum absolute atomic E-state index is 0.184. The van der Waals surface area contributed by atoms with E-state index in [4.69, 9.17) is 0 Å². The summed E-state index contributed by atoms with van der Waals surface area (Å²) in [4.78, 5) is 0. The van der Waals surface area contributed by atoms with E-state index in [1.807, 2.05) is 0 Å². The Labute approximate surface area is 108 Å². The number of benzene rings is 2. The molecule has 2 aromatic carbocycles. The molecular weight excluding hydrogens is 256 g/mol. The molecule has 2 rings (SSSR count). The maximum atomic E-state index is 13.9. The lowest BCUT2D eigenvalue weighted by molar-refractivity contribution is -0.137. The van der Waals surface area contributed by atoms with E-state index in [2.05, 4.69) is 0 Å². The second-order valence-electron chi connectivity index (χ2n) is 3.94. The van der Waals surface area contributed by atoms with Crippen LogP contribution in [0, 0.1) is 0 Å². The molecule has 0 atom stereocenters. The first-order chi connectivity index (χ1) is 8.98. The van der Waals surface area contributed by atoms with Crippen LogP contribution >= 0.6 is 0 Å². The summed E-state index contributed by atoms with van der Waals surface area (Å²) in [7, 11) is 0. The number of rotatable bonds is 2. The molecule has 0 aliphatic carbocycles. The van der Waals surface area contributed by atoms with Crippen molar-refractivity contribution in [1.82, 2.24) is 0 Å². The summed E-state index contributed by atoms with van der Waals surface area (Å²) >= 11 is 0. The van der Waals surface area contributed by atoms with Gasteiger partial charge in [0.25, 0.3) is 0 Å². The quantitative estimate of drug-likeness (QED) is 0.519. The predicted molar refractivity (Wildman–Crippen MR) is 66.9 cm³/mol. The van der Waals surface area contributed by atoms with E-state index in [-0.39, 0.29) is 11.1 Å². The third-order valence-corrected chi connectivity index (χ3v) is 2.60. The van der Waals surface area contributed by atoms with Crippen molar-refractivity contribution in [1.29, 1.82) is 0 Å². The molecule has 19 heavy (non-hydrogen) atoms. The highest BCUT2D eigenvalue weighted by Gasteiger charge is 2.32. The highest BCUT2D eigenvalue weighted by Crippen LogP contribution is 2.33. The largest absolute Gasteiger partial charge is 0.416 e. The molecule has 0 radical (unpaired) electrons. The number of hydrogen-bond acceptors (Lipinski definition) is 0. The van der Waals surface area contributed by atoms with Gasteiger partial charge in [0.05, 0.1) is 5.56 Å². The standard InChI is InChI=1S/C15H10F4/c16-14(11-6-2-1-3-7-11)10-12-8-4-5-9-13(12)15(17,18)19/h1-10H/b14-10+. The van der Waals surface area contributed by atoms with E-state index >= 15 is 0 Å². The van der Waals surface area contributed by atoms with E-state index < -0.39 is 17.6 Å². The Balaban J connectivity index is 2.44. The van der Waals surface area contributed by atoms with Crippen LogP contribution in [0.5, 0.6) is 0 Å². The fraction of sp³-hybridized carbons (Fsp3) is 0.0667. The van der Waals surface area contributed by atoms with Crippen molar-refractivity contribution in [2.75, 3.05) is 0 Å². The second kappa shape index (κ2) is 5.26. The summed E-state index contributed by atoms with van der Waals surface area (Å²) in [5.41, 5.74) is -0.781. The molecule has 0 fully saturated rings. The molecule has 0 N–H and O–H groups in total. The maximum absolute atomic E-state index is 13.9. The number of halogens is 4. The summed E-state index contributed by atoms with van der Waals surface area (Å²) in [5, 5.41) is 0. The molecule has 0 aliphatic heterocycles. The van der Waals surface area contributed by atoms with Gasteiger partial charge in [0.15, 0.2) is 0 Å². The van der Waals surface area contributed by atoms with Gasteiger partial charge in [0, 0.05) is 5.56 Å².